The number of aromatic nitrogens is 4. The van der Waals surface area contributed by atoms with Gasteiger partial charge in [-0.1, -0.05) is 0 Å². The van der Waals surface area contributed by atoms with Crippen molar-refractivity contribution in [1.29, 1.82) is 0 Å². The van der Waals surface area contributed by atoms with Crippen LogP contribution in [0.3, 0.4) is 0 Å². The fourth-order valence-electron chi connectivity index (χ4n) is 3.10. The first kappa shape index (κ1) is 15.2. The summed E-state index contributed by atoms with van der Waals surface area (Å²) >= 11 is 0. The molecule has 0 aliphatic carbocycles. The topological polar surface area (TPSA) is 46.8 Å². The molecule has 22 heavy (non-hydrogen) atoms. The van der Waals surface area contributed by atoms with Crippen LogP contribution < -0.4 is 0 Å². The van der Waals surface area contributed by atoms with E-state index in [1.807, 2.05) is 29.5 Å². The lowest BCUT2D eigenvalue weighted by atomic mass is 9.93. The molecule has 1 aliphatic heterocycles. The van der Waals surface area contributed by atoms with E-state index in [0.29, 0.717) is 12.0 Å². The van der Waals surface area contributed by atoms with Gasteiger partial charge in [0.05, 0.1) is 23.8 Å². The molecule has 1 saturated heterocycles. The summed E-state index contributed by atoms with van der Waals surface area (Å²) in [6.45, 7) is 9.81. The van der Waals surface area contributed by atoms with E-state index in [4.69, 9.17) is 4.98 Å². The molecule has 0 saturated carbocycles. The fraction of sp³-hybridized carbons (Fsp3) is 0.588. The van der Waals surface area contributed by atoms with E-state index in [-0.39, 0.29) is 0 Å². The quantitative estimate of drug-likeness (QED) is 0.871. The Hall–Kier alpha value is -1.75. The molecule has 0 spiro atoms. The van der Waals surface area contributed by atoms with E-state index >= 15 is 0 Å². The lowest BCUT2D eigenvalue weighted by Gasteiger charge is -2.34. The number of hydrogen-bond acceptors (Lipinski definition) is 4. The fourth-order valence-corrected chi connectivity index (χ4v) is 3.10. The average molecular weight is 299 g/mol. The van der Waals surface area contributed by atoms with Crippen LogP contribution in [0.4, 0.5) is 0 Å². The highest BCUT2D eigenvalue weighted by Gasteiger charge is 2.23. The second-order valence-electron chi connectivity index (χ2n) is 6.32. The third-order valence-electron chi connectivity index (χ3n) is 4.58. The third-order valence-corrected chi connectivity index (χ3v) is 4.58. The minimum Gasteiger partial charge on any atom is -0.301 e. The Kier molecular flexibility index (Phi) is 4.52. The molecular weight excluding hydrogens is 274 g/mol. The average Bonchev–Trinajstić information content (AvgIpc) is 3.04. The summed E-state index contributed by atoms with van der Waals surface area (Å²) in [7, 11) is 0. The van der Waals surface area contributed by atoms with Crippen LogP contribution in [-0.4, -0.2) is 43.8 Å². The highest BCUT2D eigenvalue weighted by molar-refractivity contribution is 5.55. The predicted octanol–water partition coefficient (Wildman–Crippen LogP) is 2.95. The van der Waals surface area contributed by atoms with Gasteiger partial charge in [0, 0.05) is 36.5 Å². The largest absolute Gasteiger partial charge is 0.301 e. The summed E-state index contributed by atoms with van der Waals surface area (Å²) in [6.07, 6.45) is 10.0. The number of hydrogen-bond donors (Lipinski definition) is 0. The van der Waals surface area contributed by atoms with Gasteiger partial charge in [0.1, 0.15) is 0 Å². The van der Waals surface area contributed by atoms with Gasteiger partial charge < -0.3 is 4.90 Å². The minimum absolute atomic E-state index is 0.531. The van der Waals surface area contributed by atoms with Crippen molar-refractivity contribution in [2.45, 2.75) is 52.1 Å². The molecule has 1 aliphatic rings. The van der Waals surface area contributed by atoms with Crippen LogP contribution in [-0.2, 0) is 6.54 Å². The number of nitrogens with zero attached hydrogens (tertiary/aromatic N) is 5. The van der Waals surface area contributed by atoms with Crippen molar-refractivity contribution in [2.24, 2.45) is 0 Å². The zero-order valence-corrected chi connectivity index (χ0v) is 13.7. The van der Waals surface area contributed by atoms with E-state index in [9.17, 15) is 0 Å². The normalized spacial score (nSPS) is 17.3. The first-order valence-corrected chi connectivity index (χ1v) is 8.26. The minimum atomic E-state index is 0.531. The summed E-state index contributed by atoms with van der Waals surface area (Å²) < 4.78 is 1.92. The molecule has 0 aromatic carbocycles. The van der Waals surface area contributed by atoms with Crippen molar-refractivity contribution in [2.75, 3.05) is 13.1 Å². The van der Waals surface area contributed by atoms with E-state index < -0.39 is 0 Å². The first-order valence-electron chi connectivity index (χ1n) is 8.26. The van der Waals surface area contributed by atoms with Crippen LogP contribution in [0.25, 0.3) is 11.3 Å². The monoisotopic (exact) mass is 299 g/mol. The predicted molar refractivity (Wildman–Crippen MR) is 87.6 cm³/mol. The van der Waals surface area contributed by atoms with Gasteiger partial charge in [0.2, 0.25) is 0 Å². The Bertz CT molecular complexity index is 611. The van der Waals surface area contributed by atoms with Gasteiger partial charge in [-0.2, -0.15) is 5.10 Å². The molecule has 1 fully saturated rings. The number of piperidine rings is 1. The van der Waals surface area contributed by atoms with Gasteiger partial charge in [-0.15, -0.1) is 0 Å². The SMILES string of the molecule is CCn1cc(-c2cncc(C3CCN(C(C)C)CC3)n2)cn1. The highest BCUT2D eigenvalue weighted by Crippen LogP contribution is 2.28. The summed E-state index contributed by atoms with van der Waals surface area (Å²) in [5.41, 5.74) is 3.12. The Morgan fingerprint density at radius 2 is 1.95 bits per heavy atom. The molecule has 5 heteroatoms. The van der Waals surface area contributed by atoms with Gasteiger partial charge in [-0.05, 0) is 46.7 Å². The van der Waals surface area contributed by atoms with Crippen molar-refractivity contribution in [3.05, 3.63) is 30.5 Å². The summed E-state index contributed by atoms with van der Waals surface area (Å²) in [4.78, 5) is 11.8. The van der Waals surface area contributed by atoms with E-state index in [1.165, 1.54) is 12.8 Å². The van der Waals surface area contributed by atoms with Crippen molar-refractivity contribution in [3.63, 3.8) is 0 Å². The molecule has 2 aromatic heterocycles. The molecule has 118 valence electrons. The van der Waals surface area contributed by atoms with Crippen LogP contribution in [0.2, 0.25) is 0 Å². The van der Waals surface area contributed by atoms with Crippen LogP contribution in [0.15, 0.2) is 24.8 Å². The van der Waals surface area contributed by atoms with Gasteiger partial charge in [0.15, 0.2) is 0 Å². The third kappa shape index (κ3) is 3.19. The lowest BCUT2D eigenvalue weighted by molar-refractivity contribution is 0.170. The van der Waals surface area contributed by atoms with Gasteiger partial charge >= 0.3 is 0 Å². The van der Waals surface area contributed by atoms with E-state index in [1.54, 1.807) is 0 Å². The zero-order valence-electron chi connectivity index (χ0n) is 13.7. The number of likely N-dealkylation sites (tertiary alicyclic amines) is 1. The maximum Gasteiger partial charge on any atom is 0.0920 e. The summed E-state index contributed by atoms with van der Waals surface area (Å²) in [5, 5.41) is 4.32. The smallest absolute Gasteiger partial charge is 0.0920 e. The molecule has 0 N–H and O–H groups in total. The van der Waals surface area contributed by atoms with Crippen molar-refractivity contribution >= 4 is 0 Å². The maximum atomic E-state index is 4.85. The van der Waals surface area contributed by atoms with Crippen LogP contribution >= 0.6 is 0 Å². The Morgan fingerprint density at radius 3 is 2.59 bits per heavy atom. The van der Waals surface area contributed by atoms with Crippen LogP contribution in [0, 0.1) is 0 Å². The highest BCUT2D eigenvalue weighted by atomic mass is 15.3. The maximum absolute atomic E-state index is 4.85. The Balaban J connectivity index is 1.74. The van der Waals surface area contributed by atoms with Gasteiger partial charge in [-0.25, -0.2) is 4.98 Å². The molecular formula is C17H25N5. The molecule has 0 radical (unpaired) electrons. The lowest BCUT2D eigenvalue weighted by Crippen LogP contribution is -2.38. The second kappa shape index (κ2) is 6.57. The van der Waals surface area contributed by atoms with Gasteiger partial charge in [-0.3, -0.25) is 9.67 Å². The van der Waals surface area contributed by atoms with Crippen molar-refractivity contribution < 1.29 is 0 Å². The molecule has 0 atom stereocenters. The van der Waals surface area contributed by atoms with Crippen LogP contribution in [0.1, 0.15) is 45.2 Å². The van der Waals surface area contributed by atoms with E-state index in [0.717, 1.165) is 36.6 Å². The van der Waals surface area contributed by atoms with Crippen molar-refractivity contribution in [3.8, 4) is 11.3 Å². The number of rotatable bonds is 4. The zero-order chi connectivity index (χ0) is 15.5. The number of aryl methyl sites for hydroxylation is 1. The molecule has 0 bridgehead atoms. The standard InChI is InChI=1S/C17H25N5/c1-4-22-12-15(9-19-22)17-11-18-10-16(20-17)14-5-7-21(8-6-14)13(2)3/h9-14H,4-8H2,1-3H3. The summed E-state index contributed by atoms with van der Waals surface area (Å²) in [5.74, 6) is 0.531. The Labute approximate surface area is 132 Å². The molecule has 5 nitrogen and oxygen atoms in total. The van der Waals surface area contributed by atoms with Crippen molar-refractivity contribution in [1.82, 2.24) is 24.6 Å². The van der Waals surface area contributed by atoms with E-state index in [2.05, 4.69) is 35.8 Å². The van der Waals surface area contributed by atoms with Crippen LogP contribution in [0.5, 0.6) is 0 Å². The molecule has 0 unspecified atom stereocenters. The first-order chi connectivity index (χ1) is 10.7. The molecule has 3 heterocycles. The van der Waals surface area contributed by atoms with Gasteiger partial charge in [0.25, 0.3) is 0 Å². The second-order valence-corrected chi connectivity index (χ2v) is 6.32. The summed E-state index contributed by atoms with van der Waals surface area (Å²) in [6, 6.07) is 0.637. The Morgan fingerprint density at radius 1 is 1.18 bits per heavy atom. The molecule has 0 amide bonds. The molecule has 3 rings (SSSR count). The molecule has 2 aromatic rings.